The van der Waals surface area contributed by atoms with Crippen LogP contribution in [0.3, 0.4) is 0 Å². The van der Waals surface area contributed by atoms with E-state index in [-0.39, 0.29) is 5.97 Å². The first-order chi connectivity index (χ1) is 7.33. The van der Waals surface area contributed by atoms with E-state index in [2.05, 4.69) is 6.92 Å². The van der Waals surface area contributed by atoms with Gasteiger partial charge in [-0.3, -0.25) is 4.79 Å². The molecule has 0 radical (unpaired) electrons. The molecule has 1 aromatic carbocycles. The van der Waals surface area contributed by atoms with Crippen LogP contribution in [-0.4, -0.2) is 12.6 Å². The van der Waals surface area contributed by atoms with Gasteiger partial charge in [0.05, 0.1) is 6.61 Å². The van der Waals surface area contributed by atoms with Crippen LogP contribution in [0.5, 0.6) is 0 Å². The Balaban J connectivity index is 2.14. The first-order valence-corrected chi connectivity index (χ1v) is 5.52. The lowest BCUT2D eigenvalue weighted by Gasteiger charge is -2.04. The van der Waals surface area contributed by atoms with Crippen LogP contribution in [0.2, 0.25) is 0 Å². The number of hydrogen-bond acceptors (Lipinski definition) is 2. The van der Waals surface area contributed by atoms with E-state index in [1.165, 1.54) is 5.56 Å². The molecule has 0 aliphatic rings. The minimum atomic E-state index is -0.0761. The molecule has 0 atom stereocenters. The molecule has 2 nitrogen and oxygen atoms in total. The standard InChI is InChI=1S/C13H18O2/c1-2-3-9-13(14)15-11-10-12-7-5-4-6-8-12/h4-8H,2-3,9-11H2,1H3. The second-order valence-corrected chi connectivity index (χ2v) is 3.56. The van der Waals surface area contributed by atoms with E-state index < -0.39 is 0 Å². The number of carbonyl (C=O) groups is 1. The fraction of sp³-hybridized carbons (Fsp3) is 0.462. The lowest BCUT2D eigenvalue weighted by Crippen LogP contribution is -2.07. The largest absolute Gasteiger partial charge is 0.465 e. The average Bonchev–Trinajstić information content (AvgIpc) is 2.28. The zero-order valence-corrected chi connectivity index (χ0v) is 9.24. The quantitative estimate of drug-likeness (QED) is 0.669. The summed E-state index contributed by atoms with van der Waals surface area (Å²) in [5, 5.41) is 0. The summed E-state index contributed by atoms with van der Waals surface area (Å²) in [6.07, 6.45) is 3.31. The van der Waals surface area contributed by atoms with Crippen molar-refractivity contribution in [1.29, 1.82) is 0 Å². The molecule has 0 unspecified atom stereocenters. The highest BCUT2D eigenvalue weighted by Gasteiger charge is 2.01. The Morgan fingerprint density at radius 3 is 2.67 bits per heavy atom. The number of unbranched alkanes of at least 4 members (excludes halogenated alkanes) is 1. The topological polar surface area (TPSA) is 26.3 Å². The predicted octanol–water partition coefficient (Wildman–Crippen LogP) is 2.96. The van der Waals surface area contributed by atoms with Crippen LogP contribution in [0.15, 0.2) is 30.3 Å². The summed E-state index contributed by atoms with van der Waals surface area (Å²) in [7, 11) is 0. The lowest BCUT2D eigenvalue weighted by molar-refractivity contribution is -0.143. The Bertz CT molecular complexity index is 280. The molecule has 0 aliphatic carbocycles. The molecular formula is C13H18O2. The molecule has 0 spiro atoms. The van der Waals surface area contributed by atoms with E-state index in [1.807, 2.05) is 30.3 Å². The highest BCUT2D eigenvalue weighted by Crippen LogP contribution is 2.01. The second kappa shape index (κ2) is 7.04. The van der Waals surface area contributed by atoms with E-state index in [0.29, 0.717) is 13.0 Å². The fourth-order valence-corrected chi connectivity index (χ4v) is 1.32. The molecule has 0 fully saturated rings. The number of ether oxygens (including phenoxy) is 1. The Morgan fingerprint density at radius 1 is 1.27 bits per heavy atom. The lowest BCUT2D eigenvalue weighted by atomic mass is 10.2. The molecule has 0 bridgehead atoms. The van der Waals surface area contributed by atoms with Crippen molar-refractivity contribution >= 4 is 5.97 Å². The van der Waals surface area contributed by atoms with Crippen LogP contribution in [0.1, 0.15) is 31.7 Å². The summed E-state index contributed by atoms with van der Waals surface area (Å²) < 4.78 is 5.11. The molecule has 0 aromatic heterocycles. The molecule has 15 heavy (non-hydrogen) atoms. The molecule has 0 saturated heterocycles. The third kappa shape index (κ3) is 5.21. The average molecular weight is 206 g/mol. The van der Waals surface area contributed by atoms with Gasteiger partial charge in [-0.2, -0.15) is 0 Å². The van der Waals surface area contributed by atoms with Gasteiger partial charge >= 0.3 is 5.97 Å². The van der Waals surface area contributed by atoms with Gasteiger partial charge < -0.3 is 4.74 Å². The summed E-state index contributed by atoms with van der Waals surface area (Å²) in [5.74, 6) is -0.0761. The number of hydrogen-bond donors (Lipinski definition) is 0. The monoisotopic (exact) mass is 206 g/mol. The van der Waals surface area contributed by atoms with Crippen molar-refractivity contribution in [3.8, 4) is 0 Å². The normalized spacial score (nSPS) is 9.93. The second-order valence-electron chi connectivity index (χ2n) is 3.56. The van der Waals surface area contributed by atoms with Crippen molar-refractivity contribution in [3.63, 3.8) is 0 Å². The number of carbonyl (C=O) groups excluding carboxylic acids is 1. The molecule has 0 heterocycles. The molecule has 0 aliphatic heterocycles. The SMILES string of the molecule is CCCCC(=O)OCCc1ccccc1. The van der Waals surface area contributed by atoms with Gasteiger partial charge in [0.1, 0.15) is 0 Å². The van der Waals surface area contributed by atoms with Gasteiger partial charge in [0.25, 0.3) is 0 Å². The van der Waals surface area contributed by atoms with Gasteiger partial charge in [-0.15, -0.1) is 0 Å². The number of rotatable bonds is 6. The Kier molecular flexibility index (Phi) is 5.52. The Labute approximate surface area is 91.3 Å². The van der Waals surface area contributed by atoms with Crippen molar-refractivity contribution < 1.29 is 9.53 Å². The molecule has 1 rings (SSSR count). The van der Waals surface area contributed by atoms with Gasteiger partial charge in [0, 0.05) is 12.8 Å². The van der Waals surface area contributed by atoms with Crippen molar-refractivity contribution in [3.05, 3.63) is 35.9 Å². The van der Waals surface area contributed by atoms with Crippen LogP contribution >= 0.6 is 0 Å². The number of esters is 1. The van der Waals surface area contributed by atoms with Crippen molar-refractivity contribution in [2.45, 2.75) is 32.6 Å². The summed E-state index contributed by atoms with van der Waals surface area (Å²) in [5.41, 5.74) is 1.21. The predicted molar refractivity (Wildman–Crippen MR) is 60.6 cm³/mol. The Hall–Kier alpha value is -1.31. The Morgan fingerprint density at radius 2 is 2.00 bits per heavy atom. The van der Waals surface area contributed by atoms with Crippen LogP contribution in [0, 0.1) is 0 Å². The van der Waals surface area contributed by atoms with Gasteiger partial charge in [-0.25, -0.2) is 0 Å². The van der Waals surface area contributed by atoms with E-state index >= 15 is 0 Å². The minimum absolute atomic E-state index is 0.0761. The number of benzene rings is 1. The maximum absolute atomic E-state index is 11.2. The van der Waals surface area contributed by atoms with E-state index in [1.54, 1.807) is 0 Å². The summed E-state index contributed by atoms with van der Waals surface area (Å²) >= 11 is 0. The minimum Gasteiger partial charge on any atom is -0.465 e. The van der Waals surface area contributed by atoms with Gasteiger partial charge in [-0.05, 0) is 12.0 Å². The van der Waals surface area contributed by atoms with Crippen molar-refractivity contribution in [2.24, 2.45) is 0 Å². The van der Waals surface area contributed by atoms with E-state index in [4.69, 9.17) is 4.74 Å². The van der Waals surface area contributed by atoms with Crippen molar-refractivity contribution in [1.82, 2.24) is 0 Å². The molecule has 0 amide bonds. The molecule has 0 saturated carbocycles. The molecule has 2 heteroatoms. The first kappa shape index (κ1) is 11.8. The molecule has 1 aromatic rings. The third-order valence-electron chi connectivity index (χ3n) is 2.23. The fourth-order valence-electron chi connectivity index (χ4n) is 1.32. The smallest absolute Gasteiger partial charge is 0.305 e. The summed E-state index contributed by atoms with van der Waals surface area (Å²) in [4.78, 5) is 11.2. The maximum atomic E-state index is 11.2. The highest BCUT2D eigenvalue weighted by molar-refractivity contribution is 5.69. The molecule has 0 N–H and O–H groups in total. The van der Waals surface area contributed by atoms with Crippen LogP contribution < -0.4 is 0 Å². The zero-order chi connectivity index (χ0) is 10.9. The summed E-state index contributed by atoms with van der Waals surface area (Å²) in [6, 6.07) is 10.1. The van der Waals surface area contributed by atoms with E-state index in [9.17, 15) is 4.79 Å². The molecular weight excluding hydrogens is 188 g/mol. The van der Waals surface area contributed by atoms with Gasteiger partial charge in [0.15, 0.2) is 0 Å². The maximum Gasteiger partial charge on any atom is 0.305 e. The third-order valence-corrected chi connectivity index (χ3v) is 2.23. The molecule has 82 valence electrons. The van der Waals surface area contributed by atoms with Crippen LogP contribution in [-0.2, 0) is 16.0 Å². The highest BCUT2D eigenvalue weighted by atomic mass is 16.5. The van der Waals surface area contributed by atoms with Gasteiger partial charge in [0.2, 0.25) is 0 Å². The first-order valence-electron chi connectivity index (χ1n) is 5.52. The van der Waals surface area contributed by atoms with Crippen LogP contribution in [0.25, 0.3) is 0 Å². The summed E-state index contributed by atoms with van der Waals surface area (Å²) in [6.45, 7) is 2.56. The van der Waals surface area contributed by atoms with Gasteiger partial charge in [-0.1, -0.05) is 43.7 Å². The zero-order valence-electron chi connectivity index (χ0n) is 9.24. The van der Waals surface area contributed by atoms with Crippen molar-refractivity contribution in [2.75, 3.05) is 6.61 Å². The van der Waals surface area contributed by atoms with E-state index in [0.717, 1.165) is 19.3 Å². The van der Waals surface area contributed by atoms with Crippen LogP contribution in [0.4, 0.5) is 0 Å².